The lowest BCUT2D eigenvalue weighted by atomic mass is 10.1. The Bertz CT molecular complexity index is 1180. The van der Waals surface area contributed by atoms with Crippen LogP contribution in [0.1, 0.15) is 15.9 Å². The fourth-order valence-corrected chi connectivity index (χ4v) is 3.40. The smallest absolute Gasteiger partial charge is 0.335 e. The molecule has 2 aromatic carbocycles. The molecule has 150 valence electrons. The number of benzene rings is 2. The molecule has 0 atom stereocenters. The zero-order valence-electron chi connectivity index (χ0n) is 14.9. The minimum atomic E-state index is -4.50. The summed E-state index contributed by atoms with van der Waals surface area (Å²) in [4.78, 5) is 10.6. The van der Waals surface area contributed by atoms with Crippen molar-refractivity contribution >= 4 is 27.9 Å². The summed E-state index contributed by atoms with van der Waals surface area (Å²) in [6.45, 7) is 3.38. The molecule has 0 aromatic heterocycles. The quantitative estimate of drug-likeness (QED) is 0.491. The number of rotatable bonds is 6. The number of carbonyl (C=O) groups is 1. The van der Waals surface area contributed by atoms with Crippen molar-refractivity contribution in [1.82, 2.24) is 0 Å². The standard InChI is InChI=1S/C19H14F2N2O5S/c1-11(10-22)3-5-13-14(20)6-7-15(18(13)21)23-29(26,27)17-9-12(19(24)25)4-8-16(17)28-2/h4,6-10,22-23H,1H2,2H3,(H,24,25). The Morgan fingerprint density at radius 1 is 1.31 bits per heavy atom. The predicted octanol–water partition coefficient (Wildman–Crippen LogP) is 3.03. The van der Waals surface area contributed by atoms with Crippen molar-refractivity contribution in [1.29, 1.82) is 5.41 Å². The van der Waals surface area contributed by atoms with Gasteiger partial charge in [0.1, 0.15) is 16.5 Å². The lowest BCUT2D eigenvalue weighted by molar-refractivity contribution is 0.0696. The predicted molar refractivity (Wildman–Crippen MR) is 102 cm³/mol. The van der Waals surface area contributed by atoms with E-state index in [2.05, 4.69) is 18.4 Å². The van der Waals surface area contributed by atoms with Gasteiger partial charge >= 0.3 is 5.97 Å². The van der Waals surface area contributed by atoms with Crippen molar-refractivity contribution in [2.75, 3.05) is 11.8 Å². The Kier molecular flexibility index (Phi) is 6.35. The summed E-state index contributed by atoms with van der Waals surface area (Å²) in [6.07, 6.45) is 0.789. The van der Waals surface area contributed by atoms with Crippen molar-refractivity contribution in [2.24, 2.45) is 0 Å². The Morgan fingerprint density at radius 3 is 2.59 bits per heavy atom. The Hall–Kier alpha value is -3.71. The van der Waals surface area contributed by atoms with Crippen molar-refractivity contribution in [3.05, 3.63) is 65.2 Å². The molecule has 0 heterocycles. The molecule has 7 nitrogen and oxygen atoms in total. The lowest BCUT2D eigenvalue weighted by Gasteiger charge is -2.13. The van der Waals surface area contributed by atoms with Gasteiger partial charge in [0.05, 0.1) is 23.9 Å². The maximum absolute atomic E-state index is 14.6. The van der Waals surface area contributed by atoms with Crippen molar-refractivity contribution in [2.45, 2.75) is 4.90 Å². The van der Waals surface area contributed by atoms with Crippen LogP contribution in [0.5, 0.6) is 5.75 Å². The minimum Gasteiger partial charge on any atom is -0.495 e. The highest BCUT2D eigenvalue weighted by molar-refractivity contribution is 7.92. The number of hydrogen-bond donors (Lipinski definition) is 3. The summed E-state index contributed by atoms with van der Waals surface area (Å²) in [5.74, 6) is 0.543. The van der Waals surface area contributed by atoms with Crippen molar-refractivity contribution < 1.29 is 31.8 Å². The molecule has 0 bridgehead atoms. The number of carboxylic acid groups (broad SMARTS) is 1. The second kappa shape index (κ2) is 8.53. The van der Waals surface area contributed by atoms with Crippen LogP contribution < -0.4 is 9.46 Å². The number of aromatic carboxylic acids is 1. The van der Waals surface area contributed by atoms with Crippen LogP contribution in [0.25, 0.3) is 0 Å². The maximum atomic E-state index is 14.6. The Balaban J connectivity index is 2.55. The van der Waals surface area contributed by atoms with Gasteiger partial charge in [-0.1, -0.05) is 18.4 Å². The van der Waals surface area contributed by atoms with E-state index in [1.807, 2.05) is 4.72 Å². The van der Waals surface area contributed by atoms with Gasteiger partial charge in [0, 0.05) is 11.8 Å². The van der Waals surface area contributed by atoms with Gasteiger partial charge in [0.25, 0.3) is 10.0 Å². The molecule has 0 spiro atoms. The zero-order chi connectivity index (χ0) is 21.8. The van der Waals surface area contributed by atoms with Gasteiger partial charge in [-0.15, -0.1) is 0 Å². The van der Waals surface area contributed by atoms with E-state index in [1.165, 1.54) is 7.11 Å². The molecule has 0 saturated carbocycles. The molecule has 0 aliphatic carbocycles. The summed E-state index contributed by atoms with van der Waals surface area (Å²) in [7, 11) is -3.33. The Labute approximate surface area is 165 Å². The minimum absolute atomic E-state index is 0.00925. The molecule has 0 aliphatic heterocycles. The number of sulfonamides is 1. The first-order chi connectivity index (χ1) is 13.6. The molecule has 29 heavy (non-hydrogen) atoms. The van der Waals surface area contributed by atoms with Crippen LogP contribution in [0.15, 0.2) is 47.4 Å². The lowest BCUT2D eigenvalue weighted by Crippen LogP contribution is -2.16. The summed E-state index contributed by atoms with van der Waals surface area (Å²) < 4.78 is 60.8. The first kappa shape index (κ1) is 21.6. The average molecular weight is 420 g/mol. The van der Waals surface area contributed by atoms with Crippen LogP contribution in [0, 0.1) is 28.9 Å². The van der Waals surface area contributed by atoms with E-state index in [1.54, 1.807) is 0 Å². The number of nitrogens with one attached hydrogen (secondary N) is 2. The molecule has 2 rings (SSSR count). The second-order valence-electron chi connectivity index (χ2n) is 5.48. The number of methoxy groups -OCH3 is 1. The van der Waals surface area contributed by atoms with Gasteiger partial charge in [-0.2, -0.15) is 0 Å². The zero-order valence-corrected chi connectivity index (χ0v) is 15.7. The largest absolute Gasteiger partial charge is 0.495 e. The number of carboxylic acids is 1. The van der Waals surface area contributed by atoms with Gasteiger partial charge in [0.15, 0.2) is 5.82 Å². The van der Waals surface area contributed by atoms with Crippen LogP contribution in [-0.4, -0.2) is 32.8 Å². The Morgan fingerprint density at radius 2 is 2.00 bits per heavy atom. The fourth-order valence-electron chi connectivity index (χ4n) is 2.14. The van der Waals surface area contributed by atoms with E-state index in [9.17, 15) is 22.0 Å². The van der Waals surface area contributed by atoms with Gasteiger partial charge in [0.2, 0.25) is 0 Å². The number of ether oxygens (including phenoxy) is 1. The topological polar surface area (TPSA) is 117 Å². The highest BCUT2D eigenvalue weighted by atomic mass is 32.2. The molecule has 0 aliphatic rings. The normalized spacial score (nSPS) is 10.4. The highest BCUT2D eigenvalue weighted by Crippen LogP contribution is 2.29. The third-order valence-electron chi connectivity index (χ3n) is 3.56. The second-order valence-corrected chi connectivity index (χ2v) is 7.13. The average Bonchev–Trinajstić information content (AvgIpc) is 2.69. The van der Waals surface area contributed by atoms with Crippen LogP contribution in [0.3, 0.4) is 0 Å². The van der Waals surface area contributed by atoms with E-state index >= 15 is 0 Å². The third kappa shape index (κ3) is 4.77. The molecule has 0 fully saturated rings. The molecule has 0 saturated heterocycles. The van der Waals surface area contributed by atoms with E-state index in [4.69, 9.17) is 15.3 Å². The highest BCUT2D eigenvalue weighted by Gasteiger charge is 2.24. The molecule has 0 amide bonds. The number of allylic oxidation sites excluding steroid dienone is 1. The first-order valence-corrected chi connectivity index (χ1v) is 9.22. The molecule has 2 aromatic rings. The van der Waals surface area contributed by atoms with Gasteiger partial charge < -0.3 is 15.3 Å². The summed E-state index contributed by atoms with van der Waals surface area (Å²) in [5.41, 5.74) is -1.68. The van der Waals surface area contributed by atoms with Gasteiger partial charge in [-0.25, -0.2) is 22.0 Å². The number of hydrogen-bond acceptors (Lipinski definition) is 5. The molecule has 3 N–H and O–H groups in total. The van der Waals surface area contributed by atoms with Crippen LogP contribution >= 0.6 is 0 Å². The van der Waals surface area contributed by atoms with E-state index in [0.717, 1.165) is 36.5 Å². The van der Waals surface area contributed by atoms with Crippen molar-refractivity contribution in [3.8, 4) is 17.6 Å². The third-order valence-corrected chi connectivity index (χ3v) is 4.94. The number of halogens is 2. The maximum Gasteiger partial charge on any atom is 0.335 e. The van der Waals surface area contributed by atoms with E-state index in [0.29, 0.717) is 0 Å². The fraction of sp³-hybridized carbons (Fsp3) is 0.0526. The van der Waals surface area contributed by atoms with Crippen LogP contribution in [0.4, 0.5) is 14.5 Å². The monoisotopic (exact) mass is 420 g/mol. The van der Waals surface area contributed by atoms with E-state index in [-0.39, 0.29) is 16.9 Å². The molecule has 0 radical (unpaired) electrons. The van der Waals surface area contributed by atoms with Gasteiger partial charge in [-0.05, 0) is 30.3 Å². The first-order valence-electron chi connectivity index (χ1n) is 7.74. The molecular weight excluding hydrogens is 406 g/mol. The number of anilines is 1. The van der Waals surface area contributed by atoms with Gasteiger partial charge in [-0.3, -0.25) is 4.72 Å². The summed E-state index contributed by atoms with van der Waals surface area (Å²) >= 11 is 0. The van der Waals surface area contributed by atoms with E-state index < -0.39 is 43.8 Å². The molecule has 10 heteroatoms. The SMILES string of the molecule is C=C(C#Cc1c(F)ccc(NS(=O)(=O)c2cc(C(=O)O)ccc2OC)c1F)C=N. The summed E-state index contributed by atoms with van der Waals surface area (Å²) in [6, 6.07) is 4.79. The molecule has 0 unspecified atom stereocenters. The van der Waals surface area contributed by atoms with Crippen molar-refractivity contribution in [3.63, 3.8) is 0 Å². The van der Waals surface area contributed by atoms with Crippen LogP contribution in [-0.2, 0) is 10.0 Å². The molecular formula is C19H14F2N2O5S. The van der Waals surface area contributed by atoms with Crippen LogP contribution in [0.2, 0.25) is 0 Å². The summed E-state index contributed by atoms with van der Waals surface area (Å²) in [5, 5.41) is 16.0.